The van der Waals surface area contributed by atoms with Crippen LogP contribution >= 0.6 is 0 Å². The van der Waals surface area contributed by atoms with Crippen LogP contribution in [0.4, 0.5) is 10.2 Å². The summed E-state index contributed by atoms with van der Waals surface area (Å²) < 4.78 is 18.6. The smallest absolute Gasteiger partial charge is 0.165 e. The third-order valence-corrected chi connectivity index (χ3v) is 3.03. The number of methoxy groups -OCH3 is 1. The van der Waals surface area contributed by atoms with E-state index in [4.69, 9.17) is 10.5 Å². The van der Waals surface area contributed by atoms with E-state index in [0.717, 1.165) is 17.7 Å². The van der Waals surface area contributed by atoms with E-state index in [1.807, 2.05) is 13.8 Å². The topological polar surface area (TPSA) is 61.0 Å². The van der Waals surface area contributed by atoms with E-state index in [0.29, 0.717) is 17.2 Å². The van der Waals surface area contributed by atoms with Crippen LogP contribution in [0.3, 0.4) is 0 Å². The van der Waals surface area contributed by atoms with Gasteiger partial charge >= 0.3 is 0 Å². The molecule has 5 heteroatoms. The van der Waals surface area contributed by atoms with Gasteiger partial charge in [0.1, 0.15) is 5.82 Å². The Morgan fingerprint density at radius 3 is 2.63 bits per heavy atom. The average molecular weight is 261 g/mol. The van der Waals surface area contributed by atoms with Crippen LogP contribution in [0.5, 0.6) is 5.75 Å². The van der Waals surface area contributed by atoms with E-state index in [2.05, 4.69) is 9.97 Å². The van der Waals surface area contributed by atoms with Crippen molar-refractivity contribution in [3.8, 4) is 17.1 Å². The zero-order chi connectivity index (χ0) is 14.0. The fraction of sp³-hybridized carbons (Fsp3) is 0.286. The normalized spacial score (nSPS) is 10.5. The molecular formula is C14H16FN3O. The second-order valence-corrected chi connectivity index (χ2v) is 4.21. The number of halogens is 1. The number of anilines is 1. The third-order valence-electron chi connectivity index (χ3n) is 3.03. The number of nitrogens with zero attached hydrogens (tertiary/aromatic N) is 2. The van der Waals surface area contributed by atoms with E-state index < -0.39 is 5.82 Å². The lowest BCUT2D eigenvalue weighted by atomic mass is 10.1. The molecule has 0 unspecified atom stereocenters. The molecule has 19 heavy (non-hydrogen) atoms. The Kier molecular flexibility index (Phi) is 3.64. The second-order valence-electron chi connectivity index (χ2n) is 4.21. The van der Waals surface area contributed by atoms with Crippen molar-refractivity contribution in [1.82, 2.24) is 9.97 Å². The third kappa shape index (κ3) is 2.50. The maximum absolute atomic E-state index is 13.7. The van der Waals surface area contributed by atoms with E-state index in [1.165, 1.54) is 13.2 Å². The SMILES string of the molecule is CCc1nc(-c2ccc(OC)c(F)c2)nc(N)c1C. The molecule has 1 aromatic heterocycles. The van der Waals surface area contributed by atoms with Crippen LogP contribution in [0.2, 0.25) is 0 Å². The summed E-state index contributed by atoms with van der Waals surface area (Å²) in [5, 5.41) is 0. The number of hydrogen-bond donors (Lipinski definition) is 1. The monoisotopic (exact) mass is 261 g/mol. The molecule has 0 bridgehead atoms. The van der Waals surface area contributed by atoms with Gasteiger partial charge < -0.3 is 10.5 Å². The number of hydrogen-bond acceptors (Lipinski definition) is 4. The summed E-state index contributed by atoms with van der Waals surface area (Å²) in [5.74, 6) is 0.611. The number of nitrogen functional groups attached to an aromatic ring is 1. The Balaban J connectivity index is 2.53. The molecule has 0 aliphatic rings. The van der Waals surface area contributed by atoms with Gasteiger partial charge in [0.05, 0.1) is 7.11 Å². The highest BCUT2D eigenvalue weighted by Gasteiger charge is 2.11. The van der Waals surface area contributed by atoms with Crippen molar-refractivity contribution in [2.45, 2.75) is 20.3 Å². The van der Waals surface area contributed by atoms with Gasteiger partial charge in [-0.2, -0.15) is 0 Å². The van der Waals surface area contributed by atoms with Crippen LogP contribution in [0.1, 0.15) is 18.2 Å². The molecule has 2 N–H and O–H groups in total. The van der Waals surface area contributed by atoms with Crippen molar-refractivity contribution in [3.05, 3.63) is 35.3 Å². The van der Waals surface area contributed by atoms with Gasteiger partial charge in [0, 0.05) is 16.8 Å². The molecule has 100 valence electrons. The largest absolute Gasteiger partial charge is 0.494 e. The molecule has 2 rings (SSSR count). The number of benzene rings is 1. The first-order valence-electron chi connectivity index (χ1n) is 6.03. The number of ether oxygens (including phenoxy) is 1. The Morgan fingerprint density at radius 1 is 1.32 bits per heavy atom. The Bertz CT molecular complexity index is 614. The minimum absolute atomic E-state index is 0.194. The fourth-order valence-corrected chi connectivity index (χ4v) is 1.86. The lowest BCUT2D eigenvalue weighted by Crippen LogP contribution is -2.04. The van der Waals surface area contributed by atoms with Crippen molar-refractivity contribution in [2.24, 2.45) is 0 Å². The van der Waals surface area contributed by atoms with Gasteiger partial charge in [-0.1, -0.05) is 6.92 Å². The van der Waals surface area contributed by atoms with Gasteiger partial charge in [-0.3, -0.25) is 0 Å². The molecule has 1 aromatic carbocycles. The molecule has 2 aromatic rings. The van der Waals surface area contributed by atoms with Gasteiger partial charge in [-0.15, -0.1) is 0 Å². The molecule has 0 fully saturated rings. The van der Waals surface area contributed by atoms with E-state index in [9.17, 15) is 4.39 Å². The zero-order valence-corrected chi connectivity index (χ0v) is 11.2. The van der Waals surface area contributed by atoms with Gasteiger partial charge in [0.15, 0.2) is 17.4 Å². The van der Waals surface area contributed by atoms with Gasteiger partial charge in [-0.25, -0.2) is 14.4 Å². The minimum atomic E-state index is -0.444. The van der Waals surface area contributed by atoms with Crippen molar-refractivity contribution >= 4 is 5.82 Å². The molecule has 0 saturated carbocycles. The van der Waals surface area contributed by atoms with Crippen LogP contribution in [0, 0.1) is 12.7 Å². The molecule has 0 radical (unpaired) electrons. The summed E-state index contributed by atoms with van der Waals surface area (Å²) in [4.78, 5) is 8.63. The average Bonchev–Trinajstić information content (AvgIpc) is 2.41. The van der Waals surface area contributed by atoms with Gasteiger partial charge in [-0.05, 0) is 31.5 Å². The van der Waals surface area contributed by atoms with Crippen LogP contribution in [0.25, 0.3) is 11.4 Å². The summed E-state index contributed by atoms with van der Waals surface area (Å²) >= 11 is 0. The first kappa shape index (κ1) is 13.3. The highest BCUT2D eigenvalue weighted by atomic mass is 19.1. The van der Waals surface area contributed by atoms with Gasteiger partial charge in [0.25, 0.3) is 0 Å². The minimum Gasteiger partial charge on any atom is -0.494 e. The molecular weight excluding hydrogens is 245 g/mol. The first-order valence-corrected chi connectivity index (χ1v) is 6.03. The first-order chi connectivity index (χ1) is 9.06. The number of rotatable bonds is 3. The summed E-state index contributed by atoms with van der Waals surface area (Å²) in [7, 11) is 1.42. The lowest BCUT2D eigenvalue weighted by molar-refractivity contribution is 0.386. The number of aryl methyl sites for hydroxylation is 1. The number of nitrogens with two attached hydrogens (primary N) is 1. The maximum atomic E-state index is 13.7. The molecule has 0 atom stereocenters. The molecule has 0 amide bonds. The van der Waals surface area contributed by atoms with Crippen molar-refractivity contribution < 1.29 is 9.13 Å². The lowest BCUT2D eigenvalue weighted by Gasteiger charge is -2.09. The van der Waals surface area contributed by atoms with Gasteiger partial charge in [0.2, 0.25) is 0 Å². The Morgan fingerprint density at radius 2 is 2.05 bits per heavy atom. The summed E-state index contributed by atoms with van der Waals surface area (Å²) in [6.07, 6.45) is 0.754. The van der Waals surface area contributed by atoms with Crippen molar-refractivity contribution in [3.63, 3.8) is 0 Å². The Hall–Kier alpha value is -2.17. The zero-order valence-electron chi connectivity index (χ0n) is 11.2. The predicted octanol–water partition coefficient (Wildman–Crippen LogP) is 2.74. The molecule has 0 saturated heterocycles. The van der Waals surface area contributed by atoms with E-state index in [1.54, 1.807) is 12.1 Å². The summed E-state index contributed by atoms with van der Waals surface area (Å²) in [5.41, 5.74) is 8.19. The van der Waals surface area contributed by atoms with Crippen LogP contribution < -0.4 is 10.5 Å². The standard InChI is InChI=1S/C14H16FN3O/c1-4-11-8(2)13(16)18-14(17-11)9-5-6-12(19-3)10(15)7-9/h5-7H,4H2,1-3H3,(H2,16,17,18). The molecule has 1 heterocycles. The van der Waals surface area contributed by atoms with Crippen LogP contribution in [-0.4, -0.2) is 17.1 Å². The molecule has 0 spiro atoms. The van der Waals surface area contributed by atoms with E-state index in [-0.39, 0.29) is 5.75 Å². The quantitative estimate of drug-likeness (QED) is 0.922. The maximum Gasteiger partial charge on any atom is 0.165 e. The van der Waals surface area contributed by atoms with Crippen LogP contribution in [0.15, 0.2) is 18.2 Å². The molecule has 0 aliphatic heterocycles. The van der Waals surface area contributed by atoms with Crippen molar-refractivity contribution in [2.75, 3.05) is 12.8 Å². The Labute approximate surface area is 111 Å². The summed E-state index contributed by atoms with van der Waals surface area (Å²) in [6, 6.07) is 4.61. The highest BCUT2D eigenvalue weighted by molar-refractivity contribution is 5.60. The number of aromatic nitrogens is 2. The molecule has 4 nitrogen and oxygen atoms in total. The fourth-order valence-electron chi connectivity index (χ4n) is 1.86. The molecule has 0 aliphatic carbocycles. The summed E-state index contributed by atoms with van der Waals surface area (Å²) in [6.45, 7) is 3.87. The highest BCUT2D eigenvalue weighted by Crippen LogP contribution is 2.25. The van der Waals surface area contributed by atoms with E-state index >= 15 is 0 Å². The van der Waals surface area contributed by atoms with Crippen LogP contribution in [-0.2, 0) is 6.42 Å². The predicted molar refractivity (Wildman–Crippen MR) is 72.5 cm³/mol. The van der Waals surface area contributed by atoms with Crippen molar-refractivity contribution in [1.29, 1.82) is 0 Å². The second kappa shape index (κ2) is 5.22.